The van der Waals surface area contributed by atoms with E-state index in [0.717, 1.165) is 18.6 Å². The van der Waals surface area contributed by atoms with Crippen LogP contribution in [-0.2, 0) is 6.54 Å². The van der Waals surface area contributed by atoms with Gasteiger partial charge in [0.05, 0.1) is 21.6 Å². The van der Waals surface area contributed by atoms with E-state index in [1.165, 1.54) is 34.8 Å². The highest BCUT2D eigenvalue weighted by atomic mass is 32.1. The first-order chi connectivity index (χ1) is 10.4. The summed E-state index contributed by atoms with van der Waals surface area (Å²) in [6.07, 6.45) is 6.17. The van der Waals surface area contributed by atoms with Crippen LogP contribution in [0.2, 0.25) is 0 Å². The number of fused-ring (bicyclic) bond motifs is 1. The van der Waals surface area contributed by atoms with Crippen molar-refractivity contribution in [3.05, 3.63) is 47.5 Å². The summed E-state index contributed by atoms with van der Waals surface area (Å²) in [5, 5.41) is 1.30. The van der Waals surface area contributed by atoms with Gasteiger partial charge in [-0.05, 0) is 31.5 Å². The maximum Gasteiger partial charge on any atom is 0.0982 e. The molecule has 1 aromatic carbocycles. The Kier molecular flexibility index (Phi) is 3.45. The fourth-order valence-electron chi connectivity index (χ4n) is 3.08. The third-order valence-electron chi connectivity index (χ3n) is 4.11. The summed E-state index contributed by atoms with van der Waals surface area (Å²) >= 11 is 1.86. The highest BCUT2D eigenvalue weighted by Gasteiger charge is 2.24. The van der Waals surface area contributed by atoms with Crippen LogP contribution in [0.5, 0.6) is 0 Å². The van der Waals surface area contributed by atoms with Crippen molar-refractivity contribution >= 4 is 21.6 Å². The molecule has 0 aliphatic carbocycles. The summed E-state index contributed by atoms with van der Waals surface area (Å²) in [5.74, 6) is 0.569. The van der Waals surface area contributed by atoms with E-state index in [1.54, 1.807) is 6.33 Å². The van der Waals surface area contributed by atoms with Gasteiger partial charge in [-0.25, -0.2) is 9.97 Å². The molecule has 0 amide bonds. The van der Waals surface area contributed by atoms with E-state index in [4.69, 9.17) is 4.98 Å². The van der Waals surface area contributed by atoms with Crippen LogP contribution < -0.4 is 0 Å². The van der Waals surface area contributed by atoms with Gasteiger partial charge in [0.25, 0.3) is 0 Å². The molecule has 0 bridgehead atoms. The Balaban J connectivity index is 1.52. The van der Waals surface area contributed by atoms with Crippen molar-refractivity contribution in [1.29, 1.82) is 0 Å². The van der Waals surface area contributed by atoms with Crippen LogP contribution in [0, 0.1) is 0 Å². The van der Waals surface area contributed by atoms with Gasteiger partial charge in [-0.2, -0.15) is 0 Å². The van der Waals surface area contributed by atoms with Crippen LogP contribution in [-0.4, -0.2) is 32.9 Å². The molecule has 1 N–H and O–H groups in total. The number of benzene rings is 1. The second-order valence-electron chi connectivity index (χ2n) is 5.67. The second kappa shape index (κ2) is 5.58. The summed E-state index contributed by atoms with van der Waals surface area (Å²) in [4.78, 5) is 14.6. The average molecular weight is 298 g/mol. The van der Waals surface area contributed by atoms with E-state index in [2.05, 4.69) is 39.1 Å². The molecule has 1 saturated heterocycles. The number of imidazole rings is 1. The number of aromatic amines is 1. The molecular weight excluding hydrogens is 280 g/mol. The molecule has 0 radical (unpaired) electrons. The van der Waals surface area contributed by atoms with Crippen molar-refractivity contribution in [3.63, 3.8) is 0 Å². The van der Waals surface area contributed by atoms with E-state index in [0.29, 0.717) is 5.92 Å². The van der Waals surface area contributed by atoms with Gasteiger partial charge in [-0.3, -0.25) is 4.90 Å². The summed E-state index contributed by atoms with van der Waals surface area (Å²) < 4.78 is 1.30. The first-order valence-electron chi connectivity index (χ1n) is 7.43. The molecule has 5 heteroatoms. The fraction of sp³-hybridized carbons (Fsp3) is 0.375. The molecule has 1 aliphatic heterocycles. The van der Waals surface area contributed by atoms with Crippen LogP contribution in [0.4, 0.5) is 0 Å². The van der Waals surface area contributed by atoms with Crippen molar-refractivity contribution in [1.82, 2.24) is 19.9 Å². The second-order valence-corrected chi connectivity index (χ2v) is 6.73. The van der Waals surface area contributed by atoms with Crippen molar-refractivity contribution < 1.29 is 0 Å². The molecule has 1 fully saturated rings. The summed E-state index contributed by atoms with van der Waals surface area (Å²) in [6, 6.07) is 8.44. The molecule has 3 aromatic rings. The first kappa shape index (κ1) is 13.0. The lowest BCUT2D eigenvalue weighted by atomic mass is 9.98. The van der Waals surface area contributed by atoms with E-state index >= 15 is 0 Å². The molecular formula is C16H18N4S. The summed E-state index contributed by atoms with van der Waals surface area (Å²) in [6.45, 7) is 3.22. The maximum atomic E-state index is 4.84. The molecule has 0 spiro atoms. The van der Waals surface area contributed by atoms with Crippen molar-refractivity contribution in [2.45, 2.75) is 25.3 Å². The number of thiazole rings is 1. The molecule has 4 rings (SSSR count). The summed E-state index contributed by atoms with van der Waals surface area (Å²) in [7, 11) is 0. The number of nitrogens with one attached hydrogen (secondary N) is 1. The third kappa shape index (κ3) is 2.71. The van der Waals surface area contributed by atoms with Crippen LogP contribution >= 0.6 is 11.3 Å². The van der Waals surface area contributed by atoms with E-state index < -0.39 is 0 Å². The van der Waals surface area contributed by atoms with Crippen molar-refractivity contribution in [2.24, 2.45) is 0 Å². The van der Waals surface area contributed by atoms with E-state index in [1.807, 2.05) is 17.5 Å². The zero-order valence-electron chi connectivity index (χ0n) is 11.8. The number of likely N-dealkylation sites (tertiary alicyclic amines) is 1. The maximum absolute atomic E-state index is 4.84. The number of para-hydroxylation sites is 1. The predicted molar refractivity (Wildman–Crippen MR) is 85.5 cm³/mol. The molecule has 0 saturated carbocycles. The monoisotopic (exact) mass is 298 g/mol. The number of rotatable bonds is 3. The minimum atomic E-state index is 0.569. The van der Waals surface area contributed by atoms with Gasteiger partial charge >= 0.3 is 0 Å². The number of nitrogens with zero attached hydrogens (tertiary/aromatic N) is 3. The van der Waals surface area contributed by atoms with Crippen LogP contribution in [0.15, 0.2) is 36.8 Å². The van der Waals surface area contributed by atoms with E-state index in [9.17, 15) is 0 Å². The highest BCUT2D eigenvalue weighted by Crippen LogP contribution is 2.33. The van der Waals surface area contributed by atoms with Gasteiger partial charge in [-0.15, -0.1) is 11.3 Å². The zero-order valence-corrected chi connectivity index (χ0v) is 12.6. The third-order valence-corrected chi connectivity index (χ3v) is 5.31. The SMILES string of the molecule is c1ccc2sc([C@H]3CCCN(Cc4cnc[nH]4)C3)nc2c1. The number of aromatic nitrogens is 3. The Morgan fingerprint density at radius 2 is 2.29 bits per heavy atom. The normalized spacial score (nSPS) is 20.1. The van der Waals surface area contributed by atoms with Crippen molar-refractivity contribution in [2.75, 3.05) is 13.1 Å². The Hall–Kier alpha value is -1.72. The van der Waals surface area contributed by atoms with Crippen LogP contribution in [0.25, 0.3) is 10.2 Å². The smallest absolute Gasteiger partial charge is 0.0982 e. The largest absolute Gasteiger partial charge is 0.347 e. The average Bonchev–Trinajstić information content (AvgIpc) is 3.16. The number of piperidine rings is 1. The van der Waals surface area contributed by atoms with Gasteiger partial charge < -0.3 is 4.98 Å². The van der Waals surface area contributed by atoms with Gasteiger partial charge in [0.2, 0.25) is 0 Å². The predicted octanol–water partition coefficient (Wildman–Crippen LogP) is 3.40. The molecule has 3 heterocycles. The lowest BCUT2D eigenvalue weighted by Gasteiger charge is -2.31. The molecule has 4 nitrogen and oxygen atoms in total. The van der Waals surface area contributed by atoms with Crippen LogP contribution in [0.1, 0.15) is 29.5 Å². The molecule has 2 aromatic heterocycles. The fourth-order valence-corrected chi connectivity index (χ4v) is 4.17. The molecule has 1 atom stereocenters. The summed E-state index contributed by atoms with van der Waals surface area (Å²) in [5.41, 5.74) is 2.34. The molecule has 1 aliphatic rings. The molecule has 21 heavy (non-hydrogen) atoms. The quantitative estimate of drug-likeness (QED) is 0.806. The lowest BCUT2D eigenvalue weighted by molar-refractivity contribution is 0.198. The number of hydrogen-bond donors (Lipinski definition) is 1. The topological polar surface area (TPSA) is 44.8 Å². The minimum absolute atomic E-state index is 0.569. The lowest BCUT2D eigenvalue weighted by Crippen LogP contribution is -2.33. The van der Waals surface area contributed by atoms with Crippen molar-refractivity contribution in [3.8, 4) is 0 Å². The zero-order chi connectivity index (χ0) is 14.1. The number of H-pyrrole nitrogens is 1. The minimum Gasteiger partial charge on any atom is -0.347 e. The van der Waals surface area contributed by atoms with Gasteiger partial charge in [0.1, 0.15) is 0 Å². The van der Waals surface area contributed by atoms with Gasteiger partial charge in [-0.1, -0.05) is 12.1 Å². The van der Waals surface area contributed by atoms with Crippen LogP contribution in [0.3, 0.4) is 0 Å². The Morgan fingerprint density at radius 3 is 3.14 bits per heavy atom. The standard InChI is InChI=1S/C16H18N4S/c1-2-6-15-14(5-1)19-16(21-15)12-4-3-7-20(9-12)10-13-8-17-11-18-13/h1-2,5-6,8,11-12H,3-4,7,9-10H2,(H,17,18)/t12-/m0/s1. The Morgan fingerprint density at radius 1 is 1.33 bits per heavy atom. The molecule has 108 valence electrons. The van der Waals surface area contributed by atoms with E-state index in [-0.39, 0.29) is 0 Å². The number of hydrogen-bond acceptors (Lipinski definition) is 4. The Labute approximate surface area is 127 Å². The van der Waals surface area contributed by atoms with Gasteiger partial charge in [0.15, 0.2) is 0 Å². The van der Waals surface area contributed by atoms with Gasteiger partial charge in [0, 0.05) is 30.9 Å². The highest BCUT2D eigenvalue weighted by molar-refractivity contribution is 7.18. The Bertz CT molecular complexity index is 686. The first-order valence-corrected chi connectivity index (χ1v) is 8.25. The molecule has 0 unspecified atom stereocenters.